The van der Waals surface area contributed by atoms with Gasteiger partial charge in [-0.3, -0.25) is 4.79 Å². The third kappa shape index (κ3) is 5.02. The Bertz CT molecular complexity index is 959. The lowest BCUT2D eigenvalue weighted by Crippen LogP contribution is -2.24. The van der Waals surface area contributed by atoms with Crippen molar-refractivity contribution in [1.29, 1.82) is 0 Å². The van der Waals surface area contributed by atoms with Crippen LogP contribution in [-0.2, 0) is 17.8 Å². The Morgan fingerprint density at radius 1 is 1.14 bits per heavy atom. The highest BCUT2D eigenvalue weighted by molar-refractivity contribution is 5.76. The number of hydrogen-bond donors (Lipinski definition) is 1. The molecule has 0 bridgehead atoms. The van der Waals surface area contributed by atoms with Crippen molar-refractivity contribution in [3.63, 3.8) is 0 Å². The van der Waals surface area contributed by atoms with Crippen LogP contribution in [0.25, 0.3) is 11.3 Å². The van der Waals surface area contributed by atoms with E-state index in [0.29, 0.717) is 25.3 Å². The zero-order valence-corrected chi connectivity index (χ0v) is 16.7. The first kappa shape index (κ1) is 19.2. The number of carbonyl (C=O) groups excluding carboxylic acids is 1. The fraction of sp³-hybridized carbons (Fsp3) is 0.348. The molecule has 6 nitrogen and oxygen atoms in total. The lowest BCUT2D eigenvalue weighted by atomic mass is 10.1. The van der Waals surface area contributed by atoms with E-state index in [1.807, 2.05) is 43.5 Å². The summed E-state index contributed by atoms with van der Waals surface area (Å²) in [4.78, 5) is 23.3. The van der Waals surface area contributed by atoms with Gasteiger partial charge in [-0.05, 0) is 37.5 Å². The number of aryl methyl sites for hydroxylation is 2. The third-order valence-electron chi connectivity index (χ3n) is 5.19. The minimum absolute atomic E-state index is 0.0142. The number of oxazole rings is 1. The van der Waals surface area contributed by atoms with Crippen molar-refractivity contribution < 1.29 is 9.21 Å². The van der Waals surface area contributed by atoms with Crippen molar-refractivity contribution >= 4 is 11.7 Å². The van der Waals surface area contributed by atoms with Crippen LogP contribution in [-0.4, -0.2) is 29.0 Å². The molecule has 0 atom stereocenters. The van der Waals surface area contributed by atoms with E-state index in [0.717, 1.165) is 35.8 Å². The molecule has 1 aliphatic rings. The average molecular weight is 390 g/mol. The van der Waals surface area contributed by atoms with Crippen molar-refractivity contribution in [2.75, 3.05) is 18.0 Å². The van der Waals surface area contributed by atoms with Crippen LogP contribution in [0.5, 0.6) is 0 Å². The molecule has 3 aromatic rings. The molecule has 29 heavy (non-hydrogen) atoms. The Labute approximate surface area is 171 Å². The standard InChI is InChI=1S/C23H26N4O2/c1-17-4-6-19(7-5-17)20-16-26-23(29-20)9-8-22(28)25-15-18-10-11-24-21(14-18)27-12-2-3-13-27/h4-7,10-11,14,16H,2-3,8-9,12-13,15H2,1H3,(H,25,28). The lowest BCUT2D eigenvalue weighted by molar-refractivity contribution is -0.121. The van der Waals surface area contributed by atoms with E-state index >= 15 is 0 Å². The number of anilines is 1. The summed E-state index contributed by atoms with van der Waals surface area (Å²) in [6.45, 7) is 4.67. The number of benzene rings is 1. The molecule has 0 radical (unpaired) electrons. The van der Waals surface area contributed by atoms with E-state index < -0.39 is 0 Å². The summed E-state index contributed by atoms with van der Waals surface area (Å²) >= 11 is 0. The molecule has 0 spiro atoms. The number of pyridine rings is 1. The van der Waals surface area contributed by atoms with Crippen LogP contribution in [0, 0.1) is 6.92 Å². The van der Waals surface area contributed by atoms with Crippen LogP contribution in [0.4, 0.5) is 5.82 Å². The Hall–Kier alpha value is -3.15. The smallest absolute Gasteiger partial charge is 0.220 e. The second-order valence-electron chi connectivity index (χ2n) is 7.48. The third-order valence-corrected chi connectivity index (χ3v) is 5.19. The molecule has 1 fully saturated rings. The van der Waals surface area contributed by atoms with Crippen LogP contribution in [0.2, 0.25) is 0 Å². The quantitative estimate of drug-likeness (QED) is 0.663. The van der Waals surface area contributed by atoms with Gasteiger partial charge in [0.1, 0.15) is 5.82 Å². The molecule has 0 unspecified atom stereocenters. The number of nitrogens with one attached hydrogen (secondary N) is 1. The molecule has 1 amide bonds. The van der Waals surface area contributed by atoms with Crippen molar-refractivity contribution in [1.82, 2.24) is 15.3 Å². The predicted molar refractivity (Wildman–Crippen MR) is 113 cm³/mol. The van der Waals surface area contributed by atoms with Crippen LogP contribution in [0.15, 0.2) is 53.2 Å². The molecule has 1 aliphatic heterocycles. The fourth-order valence-electron chi connectivity index (χ4n) is 3.48. The van der Waals surface area contributed by atoms with Gasteiger partial charge in [-0.15, -0.1) is 0 Å². The molecule has 1 N–H and O–H groups in total. The van der Waals surface area contributed by atoms with Crippen LogP contribution >= 0.6 is 0 Å². The maximum atomic E-state index is 12.2. The highest BCUT2D eigenvalue weighted by Gasteiger charge is 2.14. The lowest BCUT2D eigenvalue weighted by Gasteiger charge is -2.17. The first-order valence-electron chi connectivity index (χ1n) is 10.2. The van der Waals surface area contributed by atoms with Crippen molar-refractivity contribution in [2.45, 2.75) is 39.2 Å². The average Bonchev–Trinajstić information content (AvgIpc) is 3.44. The highest BCUT2D eigenvalue weighted by atomic mass is 16.4. The highest BCUT2D eigenvalue weighted by Crippen LogP contribution is 2.21. The zero-order chi connectivity index (χ0) is 20.1. The Morgan fingerprint density at radius 2 is 1.93 bits per heavy atom. The summed E-state index contributed by atoms with van der Waals surface area (Å²) in [5.41, 5.74) is 3.25. The largest absolute Gasteiger partial charge is 0.441 e. The summed E-state index contributed by atoms with van der Waals surface area (Å²) < 4.78 is 5.79. The van der Waals surface area contributed by atoms with E-state index in [-0.39, 0.29) is 5.91 Å². The monoisotopic (exact) mass is 390 g/mol. The molecular weight excluding hydrogens is 364 g/mol. The summed E-state index contributed by atoms with van der Waals surface area (Å²) in [6.07, 6.45) is 6.79. The molecule has 150 valence electrons. The molecule has 2 aromatic heterocycles. The van der Waals surface area contributed by atoms with Crippen molar-refractivity contribution in [3.8, 4) is 11.3 Å². The topological polar surface area (TPSA) is 71.3 Å². The van der Waals surface area contributed by atoms with E-state index in [4.69, 9.17) is 4.42 Å². The van der Waals surface area contributed by atoms with Crippen LogP contribution in [0.3, 0.4) is 0 Å². The van der Waals surface area contributed by atoms with Gasteiger partial charge in [0.15, 0.2) is 11.7 Å². The summed E-state index contributed by atoms with van der Waals surface area (Å²) in [7, 11) is 0. The van der Waals surface area contributed by atoms with E-state index in [1.165, 1.54) is 18.4 Å². The maximum absolute atomic E-state index is 12.2. The second-order valence-corrected chi connectivity index (χ2v) is 7.48. The van der Waals surface area contributed by atoms with Crippen LogP contribution < -0.4 is 10.2 Å². The van der Waals surface area contributed by atoms with E-state index in [2.05, 4.69) is 26.3 Å². The minimum atomic E-state index is -0.0142. The van der Waals surface area contributed by atoms with Gasteiger partial charge in [-0.2, -0.15) is 0 Å². The Morgan fingerprint density at radius 3 is 2.72 bits per heavy atom. The van der Waals surface area contributed by atoms with E-state index in [9.17, 15) is 4.79 Å². The first-order chi connectivity index (χ1) is 14.2. The van der Waals surface area contributed by atoms with Gasteiger partial charge in [0.2, 0.25) is 5.91 Å². The van der Waals surface area contributed by atoms with Crippen molar-refractivity contribution in [3.05, 3.63) is 65.8 Å². The summed E-state index contributed by atoms with van der Waals surface area (Å²) in [5, 5.41) is 2.98. The first-order valence-corrected chi connectivity index (χ1v) is 10.2. The van der Waals surface area contributed by atoms with Crippen LogP contribution in [0.1, 0.15) is 36.3 Å². The van der Waals surface area contributed by atoms with Gasteiger partial charge >= 0.3 is 0 Å². The summed E-state index contributed by atoms with van der Waals surface area (Å²) in [6, 6.07) is 12.1. The number of carbonyl (C=O) groups is 1. The molecule has 1 aromatic carbocycles. The number of rotatable bonds is 7. The number of nitrogens with zero attached hydrogens (tertiary/aromatic N) is 3. The van der Waals surface area contributed by atoms with Gasteiger partial charge < -0.3 is 14.6 Å². The number of amides is 1. The summed E-state index contributed by atoms with van der Waals surface area (Å²) in [5.74, 6) is 2.29. The number of aromatic nitrogens is 2. The Kier molecular flexibility index (Phi) is 5.89. The fourth-order valence-corrected chi connectivity index (χ4v) is 3.48. The van der Waals surface area contributed by atoms with Gasteiger partial charge in [-0.1, -0.05) is 29.8 Å². The van der Waals surface area contributed by atoms with Gasteiger partial charge in [0.25, 0.3) is 0 Å². The molecular formula is C23H26N4O2. The maximum Gasteiger partial charge on any atom is 0.220 e. The SMILES string of the molecule is Cc1ccc(-c2cnc(CCC(=O)NCc3ccnc(N4CCCC4)c3)o2)cc1. The molecule has 0 saturated carbocycles. The minimum Gasteiger partial charge on any atom is -0.441 e. The van der Waals surface area contributed by atoms with E-state index in [1.54, 1.807) is 6.20 Å². The second kappa shape index (κ2) is 8.90. The normalized spacial score (nSPS) is 13.6. The van der Waals surface area contributed by atoms with Gasteiger partial charge in [0, 0.05) is 44.2 Å². The zero-order valence-electron chi connectivity index (χ0n) is 16.7. The molecule has 0 aliphatic carbocycles. The van der Waals surface area contributed by atoms with Gasteiger partial charge in [-0.25, -0.2) is 9.97 Å². The molecule has 4 rings (SSSR count). The van der Waals surface area contributed by atoms with Crippen molar-refractivity contribution in [2.24, 2.45) is 0 Å². The molecule has 3 heterocycles. The molecule has 1 saturated heterocycles. The molecule has 6 heteroatoms. The Balaban J connectivity index is 1.26. The predicted octanol–water partition coefficient (Wildman–Crippen LogP) is 3.89. The van der Waals surface area contributed by atoms with Gasteiger partial charge in [0.05, 0.1) is 6.20 Å². The number of hydrogen-bond acceptors (Lipinski definition) is 5.